The van der Waals surface area contributed by atoms with E-state index >= 15 is 0 Å². The molecule has 33 heavy (non-hydrogen) atoms. The molecule has 1 saturated heterocycles. The number of fused-ring (bicyclic) bond motifs is 1. The Labute approximate surface area is 188 Å². The highest BCUT2D eigenvalue weighted by Gasteiger charge is 2.27. The quantitative estimate of drug-likeness (QED) is 0.417. The monoisotopic (exact) mass is 438 g/mol. The average molecular weight is 438 g/mol. The Hall–Kier alpha value is -4.65. The number of hydrogen-bond acceptors (Lipinski definition) is 9. The van der Waals surface area contributed by atoms with Crippen LogP contribution in [0.1, 0.15) is 5.69 Å². The summed E-state index contributed by atoms with van der Waals surface area (Å²) < 4.78 is 13.0. The molecular formula is C23H18N8O2. The first-order valence-electron chi connectivity index (χ1n) is 10.5. The van der Waals surface area contributed by atoms with Crippen LogP contribution in [0.4, 0.5) is 11.7 Å². The summed E-state index contributed by atoms with van der Waals surface area (Å²) in [5.74, 6) is 2.74. The van der Waals surface area contributed by atoms with Crippen molar-refractivity contribution in [2.75, 3.05) is 36.0 Å². The molecule has 0 aliphatic carbocycles. The molecule has 0 saturated carbocycles. The van der Waals surface area contributed by atoms with Crippen LogP contribution in [0, 0.1) is 11.3 Å². The van der Waals surface area contributed by atoms with E-state index < -0.39 is 0 Å². The first kappa shape index (κ1) is 19.1. The van der Waals surface area contributed by atoms with Crippen molar-refractivity contribution in [3.63, 3.8) is 0 Å². The third-order valence-corrected chi connectivity index (χ3v) is 5.64. The van der Waals surface area contributed by atoms with Crippen LogP contribution in [-0.4, -0.2) is 50.7 Å². The Morgan fingerprint density at radius 2 is 1.76 bits per heavy atom. The van der Waals surface area contributed by atoms with Crippen LogP contribution in [0.15, 0.2) is 70.0 Å². The summed E-state index contributed by atoms with van der Waals surface area (Å²) in [5, 5.41) is 13.9. The molecule has 1 fully saturated rings. The average Bonchev–Trinajstić information content (AvgIpc) is 3.64. The number of rotatable bonds is 4. The molecule has 1 aliphatic rings. The molecule has 1 aliphatic heterocycles. The zero-order valence-electron chi connectivity index (χ0n) is 17.5. The fraction of sp³-hybridized carbons (Fsp3) is 0.174. The molecule has 0 unspecified atom stereocenters. The summed E-state index contributed by atoms with van der Waals surface area (Å²) in [7, 11) is 0. The van der Waals surface area contributed by atoms with E-state index in [9.17, 15) is 5.26 Å². The highest BCUT2D eigenvalue weighted by molar-refractivity contribution is 5.66. The van der Waals surface area contributed by atoms with Crippen LogP contribution in [0.5, 0.6) is 0 Å². The minimum absolute atomic E-state index is 0.254. The maximum Gasteiger partial charge on any atom is 0.266 e. The molecule has 0 amide bonds. The molecule has 1 aromatic carbocycles. The van der Waals surface area contributed by atoms with Gasteiger partial charge < -0.3 is 18.6 Å². The van der Waals surface area contributed by atoms with Crippen LogP contribution in [0.3, 0.4) is 0 Å². The van der Waals surface area contributed by atoms with E-state index in [2.05, 4.69) is 31.0 Å². The van der Waals surface area contributed by atoms with Crippen LogP contribution in [-0.2, 0) is 0 Å². The van der Waals surface area contributed by atoms with E-state index in [1.807, 2.05) is 41.3 Å². The normalized spacial score (nSPS) is 14.0. The highest BCUT2D eigenvalue weighted by atomic mass is 16.4. The van der Waals surface area contributed by atoms with E-state index in [0.717, 1.165) is 17.1 Å². The molecule has 0 spiro atoms. The van der Waals surface area contributed by atoms with Gasteiger partial charge in [0.2, 0.25) is 11.6 Å². The number of anilines is 2. The van der Waals surface area contributed by atoms with E-state index in [1.165, 1.54) is 6.33 Å². The Morgan fingerprint density at radius 3 is 2.52 bits per heavy atom. The van der Waals surface area contributed by atoms with Crippen molar-refractivity contribution in [2.45, 2.75) is 0 Å². The summed E-state index contributed by atoms with van der Waals surface area (Å²) in [6.07, 6.45) is 3.06. The van der Waals surface area contributed by atoms with Crippen LogP contribution < -0.4 is 9.80 Å². The lowest BCUT2D eigenvalue weighted by Gasteiger charge is -2.35. The van der Waals surface area contributed by atoms with Gasteiger partial charge in [-0.3, -0.25) is 0 Å². The molecule has 4 aromatic heterocycles. The minimum atomic E-state index is 0.254. The van der Waals surface area contributed by atoms with E-state index in [4.69, 9.17) is 8.83 Å². The first-order chi connectivity index (χ1) is 16.3. The van der Waals surface area contributed by atoms with Gasteiger partial charge in [-0.15, -0.1) is 0 Å². The predicted molar refractivity (Wildman–Crippen MR) is 120 cm³/mol. The van der Waals surface area contributed by atoms with Crippen molar-refractivity contribution in [3.05, 3.63) is 66.8 Å². The summed E-state index contributed by atoms with van der Waals surface area (Å²) in [6, 6.07) is 17.7. The summed E-state index contributed by atoms with van der Waals surface area (Å²) in [5.41, 5.74) is 2.12. The second kappa shape index (κ2) is 7.80. The molecule has 6 rings (SSSR count). The first-order valence-corrected chi connectivity index (χ1v) is 10.5. The second-order valence-corrected chi connectivity index (χ2v) is 7.57. The van der Waals surface area contributed by atoms with Gasteiger partial charge >= 0.3 is 0 Å². The standard InChI is InChI=1S/C23H18N8O2/c24-14-18-22(33-21(27-18)19-7-4-12-32-19)30-10-8-29(9-11-30)20-13-17(16-5-2-1-3-6-16)28-23-25-15-26-31(20)23/h1-7,12-13,15H,8-11H2. The fourth-order valence-electron chi connectivity index (χ4n) is 4.02. The smallest absolute Gasteiger partial charge is 0.266 e. The summed E-state index contributed by atoms with van der Waals surface area (Å²) in [4.78, 5) is 17.5. The van der Waals surface area contributed by atoms with Gasteiger partial charge in [0.1, 0.15) is 18.2 Å². The molecule has 0 N–H and O–H groups in total. The van der Waals surface area contributed by atoms with Crippen molar-refractivity contribution in [1.29, 1.82) is 5.26 Å². The zero-order valence-corrected chi connectivity index (χ0v) is 17.5. The Balaban J connectivity index is 1.28. The molecular weight excluding hydrogens is 420 g/mol. The van der Waals surface area contributed by atoms with Crippen LogP contribution in [0.25, 0.3) is 28.7 Å². The minimum Gasteiger partial charge on any atom is -0.459 e. The lowest BCUT2D eigenvalue weighted by atomic mass is 10.1. The third kappa shape index (κ3) is 3.36. The van der Waals surface area contributed by atoms with Crippen molar-refractivity contribution in [1.82, 2.24) is 24.6 Å². The SMILES string of the molecule is N#Cc1nc(-c2ccco2)oc1N1CCN(c2cc(-c3ccccc3)nc3ncnn23)CC1. The number of furan rings is 1. The second-order valence-electron chi connectivity index (χ2n) is 7.57. The van der Waals surface area contributed by atoms with Gasteiger partial charge in [-0.25, -0.2) is 4.98 Å². The van der Waals surface area contributed by atoms with Gasteiger partial charge in [0.05, 0.1) is 12.0 Å². The predicted octanol–water partition coefficient (Wildman–Crippen LogP) is 3.24. The number of nitriles is 1. The number of nitrogens with zero attached hydrogens (tertiary/aromatic N) is 8. The number of aromatic nitrogens is 5. The number of hydrogen-bond donors (Lipinski definition) is 0. The van der Waals surface area contributed by atoms with Crippen LogP contribution >= 0.6 is 0 Å². The molecule has 162 valence electrons. The molecule has 0 bridgehead atoms. The van der Waals surface area contributed by atoms with Gasteiger partial charge in [-0.2, -0.15) is 24.8 Å². The van der Waals surface area contributed by atoms with E-state index in [0.29, 0.717) is 49.5 Å². The summed E-state index contributed by atoms with van der Waals surface area (Å²) in [6.45, 7) is 2.71. The number of benzene rings is 1. The summed E-state index contributed by atoms with van der Waals surface area (Å²) >= 11 is 0. The molecule has 10 heteroatoms. The van der Waals surface area contributed by atoms with Gasteiger partial charge in [-0.05, 0) is 12.1 Å². The van der Waals surface area contributed by atoms with Crippen molar-refractivity contribution < 1.29 is 8.83 Å². The third-order valence-electron chi connectivity index (χ3n) is 5.64. The van der Waals surface area contributed by atoms with Gasteiger partial charge in [-0.1, -0.05) is 30.3 Å². The Morgan fingerprint density at radius 1 is 0.939 bits per heavy atom. The number of oxazole rings is 1. The van der Waals surface area contributed by atoms with E-state index in [-0.39, 0.29) is 5.69 Å². The molecule has 10 nitrogen and oxygen atoms in total. The van der Waals surface area contributed by atoms with Gasteiger partial charge in [0, 0.05) is 37.8 Å². The van der Waals surface area contributed by atoms with Crippen LogP contribution in [0.2, 0.25) is 0 Å². The largest absolute Gasteiger partial charge is 0.459 e. The molecule has 5 aromatic rings. The molecule has 0 atom stereocenters. The van der Waals surface area contributed by atoms with E-state index in [1.54, 1.807) is 22.9 Å². The highest BCUT2D eigenvalue weighted by Crippen LogP contribution is 2.30. The van der Waals surface area contributed by atoms with Crippen molar-refractivity contribution >= 4 is 17.5 Å². The lowest BCUT2D eigenvalue weighted by molar-refractivity contribution is 0.500. The Kier molecular flexibility index (Phi) is 4.51. The number of piperazine rings is 1. The molecule has 0 radical (unpaired) electrons. The maximum absolute atomic E-state index is 9.56. The van der Waals surface area contributed by atoms with Crippen molar-refractivity contribution in [2.24, 2.45) is 0 Å². The van der Waals surface area contributed by atoms with Crippen molar-refractivity contribution in [3.8, 4) is 29.0 Å². The topological polar surface area (TPSA) is 113 Å². The molecule has 5 heterocycles. The maximum atomic E-state index is 9.56. The zero-order chi connectivity index (χ0) is 22.2. The lowest BCUT2D eigenvalue weighted by Crippen LogP contribution is -2.47. The van der Waals surface area contributed by atoms with Gasteiger partial charge in [0.25, 0.3) is 11.7 Å². The van der Waals surface area contributed by atoms with Gasteiger partial charge in [0.15, 0.2) is 5.76 Å². The fourth-order valence-corrected chi connectivity index (χ4v) is 4.02. The Bertz CT molecular complexity index is 1440.